The SMILES string of the molecule is NCC1CCN(c2nccn2C2CC2)CC1. The largest absolute Gasteiger partial charge is 0.342 e. The lowest BCUT2D eigenvalue weighted by molar-refractivity contribution is 0.408. The summed E-state index contributed by atoms with van der Waals surface area (Å²) < 4.78 is 2.35. The molecule has 0 spiro atoms. The van der Waals surface area contributed by atoms with Crippen LogP contribution in [0, 0.1) is 5.92 Å². The third-order valence-electron chi connectivity index (χ3n) is 3.82. The Morgan fingerprint density at radius 1 is 1.25 bits per heavy atom. The van der Waals surface area contributed by atoms with Crippen LogP contribution in [0.5, 0.6) is 0 Å². The number of piperidine rings is 1. The number of imidazole rings is 1. The van der Waals surface area contributed by atoms with E-state index in [0.717, 1.165) is 31.6 Å². The van der Waals surface area contributed by atoms with E-state index in [9.17, 15) is 0 Å². The van der Waals surface area contributed by atoms with Gasteiger partial charge in [-0.2, -0.15) is 0 Å². The molecule has 1 aliphatic carbocycles. The molecule has 2 N–H and O–H groups in total. The van der Waals surface area contributed by atoms with E-state index in [1.54, 1.807) is 0 Å². The maximum atomic E-state index is 5.72. The number of aromatic nitrogens is 2. The Hall–Kier alpha value is -1.03. The fraction of sp³-hybridized carbons (Fsp3) is 0.750. The van der Waals surface area contributed by atoms with Crippen molar-refractivity contribution in [2.24, 2.45) is 11.7 Å². The molecular weight excluding hydrogens is 200 g/mol. The summed E-state index contributed by atoms with van der Waals surface area (Å²) in [5.41, 5.74) is 5.72. The number of nitrogens with zero attached hydrogens (tertiary/aromatic N) is 3. The lowest BCUT2D eigenvalue weighted by atomic mass is 9.97. The van der Waals surface area contributed by atoms with Crippen LogP contribution in [0.3, 0.4) is 0 Å². The van der Waals surface area contributed by atoms with Gasteiger partial charge in [0.05, 0.1) is 0 Å². The Kier molecular flexibility index (Phi) is 2.59. The van der Waals surface area contributed by atoms with Gasteiger partial charge >= 0.3 is 0 Å². The fourth-order valence-corrected chi connectivity index (χ4v) is 2.56. The van der Waals surface area contributed by atoms with Crippen LogP contribution in [0.1, 0.15) is 31.7 Å². The van der Waals surface area contributed by atoms with Crippen LogP contribution in [-0.2, 0) is 0 Å². The van der Waals surface area contributed by atoms with Gasteiger partial charge in [0.25, 0.3) is 0 Å². The van der Waals surface area contributed by atoms with E-state index in [1.165, 1.54) is 31.6 Å². The number of hydrogen-bond acceptors (Lipinski definition) is 3. The van der Waals surface area contributed by atoms with Crippen molar-refractivity contribution in [1.82, 2.24) is 9.55 Å². The molecule has 4 heteroatoms. The summed E-state index contributed by atoms with van der Waals surface area (Å²) in [6, 6.07) is 0.727. The molecule has 2 heterocycles. The van der Waals surface area contributed by atoms with Crippen molar-refractivity contribution in [2.45, 2.75) is 31.7 Å². The normalized spacial score (nSPS) is 22.7. The first-order valence-corrected chi connectivity index (χ1v) is 6.36. The number of anilines is 1. The number of rotatable bonds is 3. The van der Waals surface area contributed by atoms with E-state index in [0.29, 0.717) is 0 Å². The highest BCUT2D eigenvalue weighted by molar-refractivity contribution is 5.33. The predicted octanol–water partition coefficient (Wildman–Crippen LogP) is 1.39. The third-order valence-corrected chi connectivity index (χ3v) is 3.82. The van der Waals surface area contributed by atoms with Crippen LogP contribution in [-0.4, -0.2) is 29.2 Å². The molecule has 3 rings (SSSR count). The molecule has 1 saturated carbocycles. The Morgan fingerprint density at radius 3 is 2.62 bits per heavy atom. The van der Waals surface area contributed by atoms with E-state index in [4.69, 9.17) is 5.73 Å². The van der Waals surface area contributed by atoms with Gasteiger partial charge in [0.1, 0.15) is 0 Å². The zero-order valence-corrected chi connectivity index (χ0v) is 9.68. The van der Waals surface area contributed by atoms with E-state index >= 15 is 0 Å². The Balaban J connectivity index is 1.70. The van der Waals surface area contributed by atoms with E-state index in [1.807, 2.05) is 6.20 Å². The van der Waals surface area contributed by atoms with E-state index in [-0.39, 0.29) is 0 Å². The van der Waals surface area contributed by atoms with Crippen molar-refractivity contribution in [2.75, 3.05) is 24.5 Å². The molecule has 0 bridgehead atoms. The van der Waals surface area contributed by atoms with Gasteiger partial charge in [-0.3, -0.25) is 0 Å². The molecule has 1 saturated heterocycles. The first-order valence-electron chi connectivity index (χ1n) is 6.36. The fourth-order valence-electron chi connectivity index (χ4n) is 2.56. The topological polar surface area (TPSA) is 47.1 Å². The molecule has 0 unspecified atom stereocenters. The molecule has 1 aromatic heterocycles. The summed E-state index contributed by atoms with van der Waals surface area (Å²) >= 11 is 0. The summed E-state index contributed by atoms with van der Waals surface area (Å²) in [5, 5.41) is 0. The molecule has 88 valence electrons. The summed E-state index contributed by atoms with van der Waals surface area (Å²) in [6.45, 7) is 3.07. The summed E-state index contributed by atoms with van der Waals surface area (Å²) in [6.07, 6.45) is 9.14. The number of hydrogen-bond donors (Lipinski definition) is 1. The molecule has 2 fully saturated rings. The van der Waals surface area contributed by atoms with Crippen LogP contribution in [0.25, 0.3) is 0 Å². The second-order valence-corrected chi connectivity index (χ2v) is 5.03. The molecular formula is C12H20N4. The summed E-state index contributed by atoms with van der Waals surface area (Å²) in [5.74, 6) is 1.90. The first kappa shape index (κ1) is 10.1. The van der Waals surface area contributed by atoms with Gasteiger partial charge in [0.2, 0.25) is 5.95 Å². The van der Waals surface area contributed by atoms with Gasteiger partial charge in [-0.15, -0.1) is 0 Å². The average molecular weight is 220 g/mol. The highest BCUT2D eigenvalue weighted by Gasteiger charge is 2.28. The molecule has 0 amide bonds. The molecule has 1 aromatic rings. The predicted molar refractivity (Wildman–Crippen MR) is 64.5 cm³/mol. The molecule has 1 aliphatic heterocycles. The van der Waals surface area contributed by atoms with Crippen molar-refractivity contribution in [3.63, 3.8) is 0 Å². The molecule has 16 heavy (non-hydrogen) atoms. The van der Waals surface area contributed by atoms with Crippen molar-refractivity contribution in [3.8, 4) is 0 Å². The van der Waals surface area contributed by atoms with Crippen molar-refractivity contribution in [1.29, 1.82) is 0 Å². The minimum absolute atomic E-state index is 0.723. The van der Waals surface area contributed by atoms with Gasteiger partial charge in [-0.1, -0.05) is 0 Å². The van der Waals surface area contributed by atoms with Crippen LogP contribution in [0.2, 0.25) is 0 Å². The van der Waals surface area contributed by atoms with Crippen LogP contribution >= 0.6 is 0 Å². The van der Waals surface area contributed by atoms with E-state index < -0.39 is 0 Å². The maximum Gasteiger partial charge on any atom is 0.205 e. The smallest absolute Gasteiger partial charge is 0.205 e. The van der Waals surface area contributed by atoms with E-state index in [2.05, 4.69) is 20.6 Å². The third kappa shape index (κ3) is 1.82. The summed E-state index contributed by atoms with van der Waals surface area (Å²) in [4.78, 5) is 6.93. The first-order chi connectivity index (χ1) is 7.88. The number of nitrogens with two attached hydrogens (primary N) is 1. The zero-order valence-electron chi connectivity index (χ0n) is 9.68. The quantitative estimate of drug-likeness (QED) is 0.837. The van der Waals surface area contributed by atoms with Crippen molar-refractivity contribution in [3.05, 3.63) is 12.4 Å². The average Bonchev–Trinajstić information content (AvgIpc) is 3.07. The van der Waals surface area contributed by atoms with Crippen LogP contribution in [0.15, 0.2) is 12.4 Å². The molecule has 0 radical (unpaired) electrons. The van der Waals surface area contributed by atoms with Gasteiger partial charge in [-0.25, -0.2) is 4.98 Å². The molecule has 2 aliphatic rings. The van der Waals surface area contributed by atoms with Crippen LogP contribution in [0.4, 0.5) is 5.95 Å². The second-order valence-electron chi connectivity index (χ2n) is 5.03. The molecule has 4 nitrogen and oxygen atoms in total. The van der Waals surface area contributed by atoms with Gasteiger partial charge < -0.3 is 15.2 Å². The Morgan fingerprint density at radius 2 is 2.00 bits per heavy atom. The van der Waals surface area contributed by atoms with Gasteiger partial charge in [-0.05, 0) is 38.1 Å². The van der Waals surface area contributed by atoms with Gasteiger partial charge in [0.15, 0.2) is 0 Å². The van der Waals surface area contributed by atoms with Crippen molar-refractivity contribution >= 4 is 5.95 Å². The standard InChI is InChI=1S/C12H20N4/c13-9-10-3-6-15(7-4-10)12-14-5-8-16(12)11-1-2-11/h5,8,10-11H,1-4,6-7,9,13H2. The summed E-state index contributed by atoms with van der Waals surface area (Å²) in [7, 11) is 0. The Labute approximate surface area is 96.4 Å². The zero-order chi connectivity index (χ0) is 11.0. The molecule has 0 atom stereocenters. The highest BCUT2D eigenvalue weighted by atomic mass is 15.3. The minimum atomic E-state index is 0.723. The lowest BCUT2D eigenvalue weighted by Gasteiger charge is -2.32. The monoisotopic (exact) mass is 220 g/mol. The minimum Gasteiger partial charge on any atom is -0.342 e. The molecule has 0 aromatic carbocycles. The van der Waals surface area contributed by atoms with Crippen LogP contribution < -0.4 is 10.6 Å². The lowest BCUT2D eigenvalue weighted by Crippen LogP contribution is -2.37. The Bertz CT molecular complexity index is 348. The second kappa shape index (κ2) is 4.09. The maximum absolute atomic E-state index is 5.72. The van der Waals surface area contributed by atoms with Gasteiger partial charge in [0, 0.05) is 31.5 Å². The highest BCUT2D eigenvalue weighted by Crippen LogP contribution is 2.38. The van der Waals surface area contributed by atoms with Crippen molar-refractivity contribution < 1.29 is 0 Å².